The number of Topliss-reactive ketones (excluding diaryl/α,β-unsaturated/α-hetero) is 1. The van der Waals surface area contributed by atoms with E-state index in [4.69, 9.17) is 9.47 Å². The first-order valence-corrected chi connectivity index (χ1v) is 11.8. The van der Waals surface area contributed by atoms with Gasteiger partial charge in [-0.05, 0) is 36.6 Å². The number of carbonyl (C=O) groups is 3. The first-order valence-electron chi connectivity index (χ1n) is 11.8. The Kier molecular flexibility index (Phi) is 7.87. The van der Waals surface area contributed by atoms with E-state index in [9.17, 15) is 14.4 Å². The number of nitrogens with one attached hydrogen (secondary N) is 4. The van der Waals surface area contributed by atoms with E-state index >= 15 is 0 Å². The number of amides is 2. The lowest BCUT2D eigenvalue weighted by molar-refractivity contribution is -0.133. The molecule has 2 aliphatic rings. The highest BCUT2D eigenvalue weighted by Crippen LogP contribution is 2.29. The third-order valence-corrected chi connectivity index (χ3v) is 6.12. The molecule has 2 heterocycles. The van der Waals surface area contributed by atoms with Crippen molar-refractivity contribution >= 4 is 17.6 Å². The molecule has 3 unspecified atom stereocenters. The summed E-state index contributed by atoms with van der Waals surface area (Å²) in [5, 5.41) is 7.25. The van der Waals surface area contributed by atoms with Crippen LogP contribution in [0.2, 0.25) is 0 Å². The minimum absolute atomic E-state index is 0.00578. The number of hydrogen-bond donors (Lipinski definition) is 4. The van der Waals surface area contributed by atoms with Crippen LogP contribution in [0.4, 0.5) is 0 Å². The minimum Gasteiger partial charge on any atom is -0.497 e. The molecule has 190 valence electrons. The van der Waals surface area contributed by atoms with Crippen LogP contribution < -0.4 is 26.3 Å². The number of epoxide rings is 1. The molecule has 4 rings (SSSR count). The first-order chi connectivity index (χ1) is 17.4. The third kappa shape index (κ3) is 6.61. The molecule has 0 bridgehead atoms. The van der Waals surface area contributed by atoms with Gasteiger partial charge in [0.1, 0.15) is 23.9 Å². The molecular weight excluding hydrogens is 462 g/mol. The molecule has 0 spiro atoms. The Morgan fingerprint density at radius 3 is 2.31 bits per heavy atom. The van der Waals surface area contributed by atoms with Crippen molar-refractivity contribution in [3.63, 3.8) is 0 Å². The van der Waals surface area contributed by atoms with Gasteiger partial charge in [0.25, 0.3) is 0 Å². The van der Waals surface area contributed by atoms with E-state index in [1.54, 1.807) is 43.6 Å². The molecule has 0 saturated carbocycles. The summed E-state index contributed by atoms with van der Waals surface area (Å²) in [6, 6.07) is 15.1. The Bertz CT molecular complexity index is 1100. The molecule has 1 fully saturated rings. The normalized spacial score (nSPS) is 19.7. The molecule has 0 radical (unpaired) electrons. The second-order valence-corrected chi connectivity index (χ2v) is 9.01. The Morgan fingerprint density at radius 1 is 1.03 bits per heavy atom. The number of carbonyl (C=O) groups excluding carboxylic acids is 3. The molecule has 10 nitrogen and oxygen atoms in total. The number of benzene rings is 2. The molecule has 1 saturated heterocycles. The topological polar surface area (TPSA) is 124 Å². The molecule has 36 heavy (non-hydrogen) atoms. The van der Waals surface area contributed by atoms with Crippen molar-refractivity contribution in [2.45, 2.75) is 37.5 Å². The molecule has 10 heteroatoms. The van der Waals surface area contributed by atoms with Gasteiger partial charge in [-0.3, -0.25) is 19.4 Å². The van der Waals surface area contributed by atoms with Crippen LogP contribution in [0.1, 0.15) is 18.1 Å². The fourth-order valence-corrected chi connectivity index (χ4v) is 3.93. The van der Waals surface area contributed by atoms with Crippen molar-refractivity contribution in [3.8, 4) is 5.75 Å². The summed E-state index contributed by atoms with van der Waals surface area (Å²) in [7, 11) is 1.58. The van der Waals surface area contributed by atoms with E-state index in [1.165, 1.54) is 0 Å². The molecule has 2 amide bonds. The van der Waals surface area contributed by atoms with Crippen LogP contribution in [0.15, 0.2) is 67.0 Å². The van der Waals surface area contributed by atoms with Gasteiger partial charge in [0.15, 0.2) is 5.78 Å². The van der Waals surface area contributed by atoms with Crippen LogP contribution in [0.25, 0.3) is 0 Å². The van der Waals surface area contributed by atoms with Gasteiger partial charge in [-0.25, -0.2) is 0 Å². The summed E-state index contributed by atoms with van der Waals surface area (Å²) in [5.74, 6) is -0.297. The van der Waals surface area contributed by atoms with Gasteiger partial charge >= 0.3 is 0 Å². The number of ether oxygens (including phenoxy) is 2. The predicted octanol–water partition coefficient (Wildman–Crippen LogP) is 0.604. The average Bonchev–Trinajstić information content (AvgIpc) is 3.43. The number of ketones is 1. The van der Waals surface area contributed by atoms with Gasteiger partial charge in [0.2, 0.25) is 11.8 Å². The molecule has 0 aromatic heterocycles. The van der Waals surface area contributed by atoms with Gasteiger partial charge in [-0.15, -0.1) is 5.53 Å². The van der Waals surface area contributed by atoms with E-state index < -0.39 is 23.6 Å². The highest BCUT2D eigenvalue weighted by Gasteiger charge is 2.50. The molecule has 4 N–H and O–H groups in total. The van der Waals surface area contributed by atoms with Crippen molar-refractivity contribution in [1.82, 2.24) is 26.6 Å². The van der Waals surface area contributed by atoms with Crippen LogP contribution in [-0.2, 0) is 32.0 Å². The van der Waals surface area contributed by atoms with E-state index in [0.717, 1.165) is 11.1 Å². The zero-order valence-electron chi connectivity index (χ0n) is 20.3. The number of nitrogens with zero attached hydrogens (tertiary/aromatic N) is 1. The SMILES string of the molecule is COc1ccc(CC(NC(=O)CN2C=CNN2)C(=O)NC(Cc2ccccc2)C(=O)C2(C)CO2)cc1. The number of hydrogen-bond acceptors (Lipinski definition) is 8. The molecule has 2 aromatic rings. The zero-order valence-corrected chi connectivity index (χ0v) is 20.3. The summed E-state index contributed by atoms with van der Waals surface area (Å²) in [6.45, 7) is 2.04. The smallest absolute Gasteiger partial charge is 0.243 e. The summed E-state index contributed by atoms with van der Waals surface area (Å²) < 4.78 is 10.6. The number of rotatable bonds is 12. The Balaban J connectivity index is 1.50. The molecular formula is C26H31N5O5. The Morgan fingerprint density at radius 2 is 1.69 bits per heavy atom. The van der Waals surface area contributed by atoms with Crippen LogP contribution in [0.5, 0.6) is 5.75 Å². The van der Waals surface area contributed by atoms with Crippen LogP contribution in [0.3, 0.4) is 0 Å². The molecule has 3 atom stereocenters. The summed E-state index contributed by atoms with van der Waals surface area (Å²) in [5.41, 5.74) is 6.40. The van der Waals surface area contributed by atoms with Gasteiger partial charge in [-0.1, -0.05) is 42.5 Å². The van der Waals surface area contributed by atoms with Crippen molar-refractivity contribution in [1.29, 1.82) is 0 Å². The summed E-state index contributed by atoms with van der Waals surface area (Å²) in [6.07, 6.45) is 3.88. The van der Waals surface area contributed by atoms with E-state index in [0.29, 0.717) is 18.8 Å². The van der Waals surface area contributed by atoms with Gasteiger partial charge in [-0.2, -0.15) is 0 Å². The lowest BCUT2D eigenvalue weighted by Crippen LogP contribution is -2.56. The Labute approximate surface area is 210 Å². The highest BCUT2D eigenvalue weighted by atomic mass is 16.6. The number of methoxy groups -OCH3 is 1. The van der Waals surface area contributed by atoms with E-state index in [2.05, 4.69) is 21.6 Å². The lowest BCUT2D eigenvalue weighted by Gasteiger charge is -2.25. The van der Waals surface area contributed by atoms with Gasteiger partial charge in [0.05, 0.1) is 19.8 Å². The monoisotopic (exact) mass is 493 g/mol. The largest absolute Gasteiger partial charge is 0.497 e. The maximum absolute atomic E-state index is 13.5. The Hall–Kier alpha value is -3.89. The standard InChI is InChI=1S/C26H31N5O5/c1-26(17-36-26)24(33)21(14-18-6-4-3-5-7-18)29-25(34)22(15-19-8-10-20(35-2)11-9-19)28-23(32)16-31-13-12-27-30-31/h3-13,21-22,27,30H,14-17H2,1-2H3,(H,28,32)(H,29,34). The first kappa shape index (κ1) is 25.2. The molecule has 2 aromatic carbocycles. The summed E-state index contributed by atoms with van der Waals surface area (Å²) in [4.78, 5) is 39.4. The van der Waals surface area contributed by atoms with E-state index in [-0.39, 0.29) is 24.7 Å². The second-order valence-electron chi connectivity index (χ2n) is 9.01. The van der Waals surface area contributed by atoms with Crippen LogP contribution in [-0.4, -0.2) is 60.6 Å². The van der Waals surface area contributed by atoms with Crippen molar-refractivity contribution in [3.05, 3.63) is 78.1 Å². The molecule has 0 aliphatic carbocycles. The van der Waals surface area contributed by atoms with Crippen LogP contribution in [0, 0.1) is 0 Å². The van der Waals surface area contributed by atoms with Gasteiger partial charge < -0.3 is 25.5 Å². The van der Waals surface area contributed by atoms with Crippen molar-refractivity contribution < 1.29 is 23.9 Å². The van der Waals surface area contributed by atoms with E-state index in [1.807, 2.05) is 42.5 Å². The fourth-order valence-electron chi connectivity index (χ4n) is 3.93. The summed E-state index contributed by atoms with van der Waals surface area (Å²) >= 11 is 0. The molecule has 2 aliphatic heterocycles. The second kappa shape index (κ2) is 11.2. The van der Waals surface area contributed by atoms with Crippen molar-refractivity contribution in [2.24, 2.45) is 0 Å². The van der Waals surface area contributed by atoms with Gasteiger partial charge in [0, 0.05) is 18.8 Å². The minimum atomic E-state index is -0.901. The average molecular weight is 494 g/mol. The predicted molar refractivity (Wildman–Crippen MR) is 132 cm³/mol. The quantitative estimate of drug-likeness (QED) is 0.317. The van der Waals surface area contributed by atoms with Crippen molar-refractivity contribution in [2.75, 3.05) is 20.3 Å². The third-order valence-electron chi connectivity index (χ3n) is 6.12. The zero-order chi connectivity index (χ0) is 25.5. The maximum atomic E-state index is 13.5. The number of hydrazine groups is 2. The highest BCUT2D eigenvalue weighted by molar-refractivity contribution is 5.98. The lowest BCUT2D eigenvalue weighted by atomic mass is 9.94. The fraction of sp³-hybridized carbons (Fsp3) is 0.346. The maximum Gasteiger partial charge on any atom is 0.243 e. The van der Waals surface area contributed by atoms with Crippen LogP contribution >= 0.6 is 0 Å².